The highest BCUT2D eigenvalue weighted by molar-refractivity contribution is 7.47. The molecule has 101 heavy (non-hydrogen) atoms. The molecule has 600 valence electrons. The molecule has 0 saturated heterocycles. The van der Waals surface area contributed by atoms with Crippen molar-refractivity contribution < 1.29 is 80.2 Å². The minimum Gasteiger partial charge on any atom is -0.462 e. The first-order valence-corrected chi connectivity index (χ1v) is 45.5. The van der Waals surface area contributed by atoms with Gasteiger partial charge in [0.05, 0.1) is 26.4 Å². The van der Waals surface area contributed by atoms with Crippen molar-refractivity contribution in [3.8, 4) is 0 Å². The maximum absolute atomic E-state index is 13.1. The summed E-state index contributed by atoms with van der Waals surface area (Å²) in [6.07, 6.45) is 63.8. The van der Waals surface area contributed by atoms with E-state index in [2.05, 4.69) is 41.5 Å². The number of hydrogen-bond donors (Lipinski definition) is 3. The Hall–Kier alpha value is -1.94. The maximum Gasteiger partial charge on any atom is 0.472 e. The molecule has 0 bridgehead atoms. The van der Waals surface area contributed by atoms with Crippen LogP contribution in [0.4, 0.5) is 0 Å². The van der Waals surface area contributed by atoms with Gasteiger partial charge in [-0.3, -0.25) is 37.3 Å². The molecule has 0 saturated carbocycles. The Morgan fingerprint density at radius 1 is 0.267 bits per heavy atom. The van der Waals surface area contributed by atoms with Crippen LogP contribution >= 0.6 is 15.6 Å². The van der Waals surface area contributed by atoms with Crippen LogP contribution in [0.1, 0.15) is 433 Å². The second kappa shape index (κ2) is 73.6. The van der Waals surface area contributed by atoms with Gasteiger partial charge in [-0.15, -0.1) is 0 Å². The van der Waals surface area contributed by atoms with Gasteiger partial charge in [0.2, 0.25) is 0 Å². The summed E-state index contributed by atoms with van der Waals surface area (Å²) in [4.78, 5) is 73.0. The Morgan fingerprint density at radius 2 is 0.455 bits per heavy atom. The summed E-state index contributed by atoms with van der Waals surface area (Å²) >= 11 is 0. The number of unbranched alkanes of at least 4 members (excludes halogenated alkanes) is 51. The van der Waals surface area contributed by atoms with Crippen molar-refractivity contribution in [1.29, 1.82) is 0 Å². The second-order valence-corrected chi connectivity index (χ2v) is 33.4. The zero-order valence-electron chi connectivity index (χ0n) is 66.2. The predicted molar refractivity (Wildman–Crippen MR) is 414 cm³/mol. The number of phosphoric ester groups is 2. The van der Waals surface area contributed by atoms with Crippen molar-refractivity contribution in [2.75, 3.05) is 39.6 Å². The van der Waals surface area contributed by atoms with E-state index < -0.39 is 97.5 Å². The van der Waals surface area contributed by atoms with E-state index in [0.717, 1.165) is 102 Å². The third-order valence-electron chi connectivity index (χ3n) is 19.2. The molecule has 19 heteroatoms. The van der Waals surface area contributed by atoms with Crippen LogP contribution in [0, 0.1) is 11.8 Å². The van der Waals surface area contributed by atoms with Crippen molar-refractivity contribution in [1.82, 2.24) is 0 Å². The highest BCUT2D eigenvalue weighted by Gasteiger charge is 2.30. The van der Waals surface area contributed by atoms with Crippen molar-refractivity contribution in [3.05, 3.63) is 0 Å². The number of rotatable bonds is 81. The van der Waals surface area contributed by atoms with Gasteiger partial charge in [0.25, 0.3) is 0 Å². The van der Waals surface area contributed by atoms with E-state index in [1.807, 2.05) is 0 Å². The van der Waals surface area contributed by atoms with Gasteiger partial charge in [0.1, 0.15) is 19.3 Å². The molecule has 0 aromatic carbocycles. The number of hydrogen-bond acceptors (Lipinski definition) is 15. The summed E-state index contributed by atoms with van der Waals surface area (Å²) < 4.78 is 68.7. The van der Waals surface area contributed by atoms with Gasteiger partial charge in [-0.25, -0.2) is 9.13 Å². The molecule has 0 aromatic rings. The standard InChI is InChI=1S/C82H160O17P2/c1-7-9-11-13-15-17-18-19-20-21-25-30-35-41-47-53-59-65-80(85)93-71-78(99-81(86)66-60-54-48-42-36-31-26-23-22-24-28-33-39-44-50-56-62-74(3)4)73-97-101(90,91)95-69-76(83)68-94-100(88,89)96-72-77(70-92-79(84)64-58-52-46-38-16-14-12-10-8-2)98-82(87)67-61-55-49-43-37-32-27-29-34-40-45-51-57-63-75(5)6/h74-78,83H,7-73H2,1-6H3,(H,88,89)(H,90,91)/t76-,77+,78+/m0/s1. The Balaban J connectivity index is 5.22. The summed E-state index contributed by atoms with van der Waals surface area (Å²) in [5, 5.41) is 10.6. The molecule has 3 N–H and O–H groups in total. The molecule has 0 aliphatic heterocycles. The predicted octanol–water partition coefficient (Wildman–Crippen LogP) is 24.7. The molecule has 0 spiro atoms. The first kappa shape index (κ1) is 99.1. The lowest BCUT2D eigenvalue weighted by molar-refractivity contribution is -0.161. The Kier molecular flexibility index (Phi) is 72.2. The number of carbonyl (C=O) groups excluding carboxylic acids is 4. The minimum atomic E-state index is -4.96. The quantitative estimate of drug-likeness (QED) is 0.0222. The van der Waals surface area contributed by atoms with Gasteiger partial charge in [-0.2, -0.15) is 0 Å². The number of aliphatic hydroxyl groups excluding tert-OH is 1. The molecule has 2 unspecified atom stereocenters. The topological polar surface area (TPSA) is 237 Å². The first-order chi connectivity index (χ1) is 48.9. The van der Waals surface area contributed by atoms with Gasteiger partial charge in [-0.05, 0) is 37.5 Å². The SMILES string of the molecule is CCCCCCCCCCCCCCCCCCCC(=O)OC[C@H](COP(=O)(O)OC[C@@H](O)COP(=O)(O)OC[C@@H](COC(=O)CCCCCCCCCCC)OC(=O)CCCCCCCCCCCCCCCC(C)C)OC(=O)CCCCCCCCCCCCCCCCCCC(C)C. The fourth-order valence-electron chi connectivity index (χ4n) is 12.7. The van der Waals surface area contributed by atoms with Crippen LogP contribution in [0.15, 0.2) is 0 Å². The summed E-state index contributed by atoms with van der Waals surface area (Å²) in [5.74, 6) is -0.511. The summed E-state index contributed by atoms with van der Waals surface area (Å²) in [6.45, 7) is 9.68. The molecule has 0 aromatic heterocycles. The first-order valence-electron chi connectivity index (χ1n) is 42.5. The summed E-state index contributed by atoms with van der Waals surface area (Å²) in [5.41, 5.74) is 0. The van der Waals surface area contributed by atoms with E-state index in [1.54, 1.807) is 0 Å². The van der Waals surface area contributed by atoms with E-state index in [0.29, 0.717) is 25.7 Å². The van der Waals surface area contributed by atoms with Crippen molar-refractivity contribution in [2.24, 2.45) is 11.8 Å². The van der Waals surface area contributed by atoms with E-state index in [9.17, 15) is 43.2 Å². The molecule has 0 amide bonds. The highest BCUT2D eigenvalue weighted by atomic mass is 31.2. The molecule has 0 radical (unpaired) electrons. The number of carbonyl (C=O) groups is 4. The average molecular weight is 1480 g/mol. The van der Waals surface area contributed by atoms with Crippen LogP contribution in [0.3, 0.4) is 0 Å². The molecule has 0 heterocycles. The summed E-state index contributed by atoms with van der Waals surface area (Å²) in [7, 11) is -9.92. The molecular formula is C82H160O17P2. The van der Waals surface area contributed by atoms with E-state index in [4.69, 9.17) is 37.0 Å². The zero-order chi connectivity index (χ0) is 74.2. The van der Waals surface area contributed by atoms with Gasteiger partial charge < -0.3 is 33.8 Å². The lowest BCUT2D eigenvalue weighted by Gasteiger charge is -2.21. The Labute approximate surface area is 619 Å². The second-order valence-electron chi connectivity index (χ2n) is 30.5. The molecule has 0 rings (SSSR count). The van der Waals surface area contributed by atoms with Crippen LogP contribution in [-0.2, 0) is 65.4 Å². The Bertz CT molecular complexity index is 1940. The van der Waals surface area contributed by atoms with Crippen LogP contribution in [0.2, 0.25) is 0 Å². The minimum absolute atomic E-state index is 0.107. The van der Waals surface area contributed by atoms with E-state index in [1.165, 1.54) is 250 Å². The summed E-state index contributed by atoms with van der Waals surface area (Å²) in [6, 6.07) is 0. The van der Waals surface area contributed by atoms with Gasteiger partial charge in [0, 0.05) is 25.7 Å². The zero-order valence-corrected chi connectivity index (χ0v) is 68.0. The molecule has 17 nitrogen and oxygen atoms in total. The van der Waals surface area contributed by atoms with Crippen LogP contribution in [-0.4, -0.2) is 96.7 Å². The van der Waals surface area contributed by atoms with E-state index >= 15 is 0 Å². The fourth-order valence-corrected chi connectivity index (χ4v) is 14.3. The van der Waals surface area contributed by atoms with Crippen molar-refractivity contribution >= 4 is 39.5 Å². The van der Waals surface area contributed by atoms with Crippen molar-refractivity contribution in [2.45, 2.75) is 452 Å². The lowest BCUT2D eigenvalue weighted by Crippen LogP contribution is -2.30. The van der Waals surface area contributed by atoms with E-state index in [-0.39, 0.29) is 25.7 Å². The number of phosphoric acid groups is 2. The van der Waals surface area contributed by atoms with Crippen molar-refractivity contribution in [3.63, 3.8) is 0 Å². The largest absolute Gasteiger partial charge is 0.472 e. The van der Waals surface area contributed by atoms with Crippen LogP contribution < -0.4 is 0 Å². The lowest BCUT2D eigenvalue weighted by atomic mass is 10.0. The fraction of sp³-hybridized carbons (Fsp3) is 0.951. The van der Waals surface area contributed by atoms with Gasteiger partial charge >= 0.3 is 39.5 Å². The van der Waals surface area contributed by atoms with Gasteiger partial charge in [-0.1, -0.05) is 382 Å². The third kappa shape index (κ3) is 76.1. The smallest absolute Gasteiger partial charge is 0.462 e. The maximum atomic E-state index is 13.1. The normalized spacial score (nSPS) is 13.9. The highest BCUT2D eigenvalue weighted by Crippen LogP contribution is 2.45. The molecule has 0 aliphatic carbocycles. The number of esters is 4. The molecule has 0 fully saturated rings. The average Bonchev–Trinajstić information content (AvgIpc) is 0.984. The van der Waals surface area contributed by atoms with Crippen LogP contribution in [0.25, 0.3) is 0 Å². The molecule has 0 aliphatic rings. The molecule has 5 atom stereocenters. The number of ether oxygens (including phenoxy) is 4. The Morgan fingerprint density at radius 3 is 0.673 bits per heavy atom. The monoisotopic (exact) mass is 1480 g/mol. The third-order valence-corrected chi connectivity index (χ3v) is 21.1. The van der Waals surface area contributed by atoms with Crippen LogP contribution in [0.5, 0.6) is 0 Å². The number of aliphatic hydroxyl groups is 1. The molecular weight excluding hydrogens is 1320 g/mol. The van der Waals surface area contributed by atoms with Gasteiger partial charge in [0.15, 0.2) is 12.2 Å².